The van der Waals surface area contributed by atoms with Crippen LogP contribution in [0.2, 0.25) is 0 Å². The Morgan fingerprint density at radius 1 is 1.45 bits per heavy atom. The van der Waals surface area contributed by atoms with E-state index in [0.29, 0.717) is 26.2 Å². The molecule has 1 heterocycles. The van der Waals surface area contributed by atoms with Gasteiger partial charge in [-0.3, -0.25) is 14.9 Å². The average Bonchev–Trinajstić information content (AvgIpc) is 2.46. The molecule has 1 fully saturated rings. The molecule has 1 aliphatic heterocycles. The first-order chi connectivity index (χ1) is 9.58. The molecule has 0 radical (unpaired) electrons. The Morgan fingerprint density at radius 3 is 2.80 bits per heavy atom. The number of nitrogens with zero attached hydrogens (tertiary/aromatic N) is 2. The molecular formula is C12H14FN3O4. The van der Waals surface area contributed by atoms with E-state index in [1.54, 1.807) is 4.90 Å². The summed E-state index contributed by atoms with van der Waals surface area (Å²) in [4.78, 5) is 23.5. The Kier molecular flexibility index (Phi) is 4.46. The summed E-state index contributed by atoms with van der Waals surface area (Å²) in [6.45, 7) is 2.28. The monoisotopic (exact) mass is 283 g/mol. The molecule has 0 aromatic heterocycles. The summed E-state index contributed by atoms with van der Waals surface area (Å²) in [5, 5.41) is 13.9. The molecule has 0 bridgehead atoms. The maximum absolute atomic E-state index is 13.0. The van der Waals surface area contributed by atoms with E-state index < -0.39 is 16.4 Å². The largest absolute Gasteiger partial charge is 0.477 e. The van der Waals surface area contributed by atoms with Gasteiger partial charge in [-0.25, -0.2) is 4.39 Å². The lowest BCUT2D eigenvalue weighted by molar-refractivity contribution is -0.386. The van der Waals surface area contributed by atoms with Crippen LogP contribution in [0.3, 0.4) is 0 Å². The summed E-state index contributed by atoms with van der Waals surface area (Å²) < 4.78 is 18.1. The van der Waals surface area contributed by atoms with Crippen molar-refractivity contribution in [1.82, 2.24) is 10.2 Å². The number of rotatable bonds is 4. The molecule has 0 saturated carbocycles. The minimum absolute atomic E-state index is 0.111. The summed E-state index contributed by atoms with van der Waals surface area (Å²) >= 11 is 0. The summed E-state index contributed by atoms with van der Waals surface area (Å²) in [6.07, 6.45) is 0. The van der Waals surface area contributed by atoms with Crippen molar-refractivity contribution >= 4 is 11.6 Å². The topological polar surface area (TPSA) is 84.7 Å². The lowest BCUT2D eigenvalue weighted by atomic mass is 10.3. The average molecular weight is 283 g/mol. The quantitative estimate of drug-likeness (QED) is 0.644. The van der Waals surface area contributed by atoms with Crippen LogP contribution < -0.4 is 10.1 Å². The van der Waals surface area contributed by atoms with Gasteiger partial charge < -0.3 is 15.0 Å². The van der Waals surface area contributed by atoms with Gasteiger partial charge in [0.25, 0.3) is 5.91 Å². The molecule has 0 spiro atoms. The Bertz CT molecular complexity index is 517. The second kappa shape index (κ2) is 6.29. The number of nitro benzene ring substituents is 1. The highest BCUT2D eigenvalue weighted by Crippen LogP contribution is 2.27. The third kappa shape index (κ3) is 3.41. The summed E-state index contributed by atoms with van der Waals surface area (Å²) in [6, 6.07) is 2.97. The van der Waals surface area contributed by atoms with Crippen molar-refractivity contribution in [2.24, 2.45) is 0 Å². The molecule has 0 unspecified atom stereocenters. The van der Waals surface area contributed by atoms with Gasteiger partial charge in [0.2, 0.25) is 0 Å². The van der Waals surface area contributed by atoms with Crippen LogP contribution in [0.15, 0.2) is 18.2 Å². The number of hydrogen-bond donors (Lipinski definition) is 1. The lowest BCUT2D eigenvalue weighted by Gasteiger charge is -2.27. The zero-order valence-corrected chi connectivity index (χ0v) is 10.7. The van der Waals surface area contributed by atoms with Crippen molar-refractivity contribution in [1.29, 1.82) is 0 Å². The zero-order chi connectivity index (χ0) is 14.5. The highest BCUT2D eigenvalue weighted by Gasteiger charge is 2.20. The standard InChI is InChI=1S/C12H14FN3O4/c13-9-1-2-11(10(7-9)16(18)19)20-8-12(17)15-5-3-14-4-6-15/h1-2,7,14H,3-6,8H2. The molecule has 0 aliphatic carbocycles. The third-order valence-corrected chi connectivity index (χ3v) is 2.94. The van der Waals surface area contributed by atoms with Crippen molar-refractivity contribution in [3.8, 4) is 5.75 Å². The van der Waals surface area contributed by atoms with E-state index in [2.05, 4.69) is 5.32 Å². The van der Waals surface area contributed by atoms with Crippen molar-refractivity contribution < 1.29 is 18.8 Å². The van der Waals surface area contributed by atoms with Crippen molar-refractivity contribution in [2.75, 3.05) is 32.8 Å². The number of nitrogens with one attached hydrogen (secondary N) is 1. The van der Waals surface area contributed by atoms with Gasteiger partial charge >= 0.3 is 5.69 Å². The molecule has 7 nitrogen and oxygen atoms in total. The Hall–Kier alpha value is -2.22. The minimum atomic E-state index is -0.742. The second-order valence-corrected chi connectivity index (χ2v) is 4.29. The van der Waals surface area contributed by atoms with E-state index >= 15 is 0 Å². The lowest BCUT2D eigenvalue weighted by Crippen LogP contribution is -2.47. The van der Waals surface area contributed by atoms with Crippen LogP contribution >= 0.6 is 0 Å². The minimum Gasteiger partial charge on any atom is -0.477 e. The van der Waals surface area contributed by atoms with E-state index in [1.165, 1.54) is 0 Å². The Morgan fingerprint density at radius 2 is 2.15 bits per heavy atom. The van der Waals surface area contributed by atoms with Crippen molar-refractivity contribution in [3.63, 3.8) is 0 Å². The highest BCUT2D eigenvalue weighted by molar-refractivity contribution is 5.78. The first-order valence-electron chi connectivity index (χ1n) is 6.13. The van der Waals surface area contributed by atoms with E-state index in [4.69, 9.17) is 4.74 Å². The van der Waals surface area contributed by atoms with Crippen LogP contribution in [0.25, 0.3) is 0 Å². The van der Waals surface area contributed by atoms with Gasteiger partial charge in [-0.05, 0) is 12.1 Å². The van der Waals surface area contributed by atoms with Gasteiger partial charge in [0, 0.05) is 26.2 Å². The van der Waals surface area contributed by atoms with E-state index in [1.807, 2.05) is 0 Å². The molecule has 1 N–H and O–H groups in total. The molecule has 20 heavy (non-hydrogen) atoms. The number of hydrogen-bond acceptors (Lipinski definition) is 5. The Balaban J connectivity index is 1.99. The first-order valence-corrected chi connectivity index (χ1v) is 6.13. The van der Waals surface area contributed by atoms with E-state index in [-0.39, 0.29) is 18.3 Å². The fourth-order valence-corrected chi connectivity index (χ4v) is 1.90. The van der Waals surface area contributed by atoms with Crippen LogP contribution in [0.1, 0.15) is 0 Å². The molecule has 1 aromatic carbocycles. The number of benzene rings is 1. The van der Waals surface area contributed by atoms with Crippen LogP contribution in [0.4, 0.5) is 10.1 Å². The Labute approximate surface area is 114 Å². The molecular weight excluding hydrogens is 269 g/mol. The molecule has 0 atom stereocenters. The summed E-state index contributed by atoms with van der Waals surface area (Å²) in [7, 11) is 0. The van der Waals surface area contributed by atoms with Crippen molar-refractivity contribution in [2.45, 2.75) is 0 Å². The number of ether oxygens (including phenoxy) is 1. The van der Waals surface area contributed by atoms with Gasteiger partial charge in [0.15, 0.2) is 12.4 Å². The van der Waals surface area contributed by atoms with Crippen molar-refractivity contribution in [3.05, 3.63) is 34.1 Å². The number of carbonyl (C=O) groups is 1. The van der Waals surface area contributed by atoms with Crippen LogP contribution in [-0.2, 0) is 4.79 Å². The number of carbonyl (C=O) groups excluding carboxylic acids is 1. The van der Waals surface area contributed by atoms with Gasteiger partial charge in [-0.2, -0.15) is 0 Å². The highest BCUT2D eigenvalue weighted by atomic mass is 19.1. The first kappa shape index (κ1) is 14.2. The normalized spacial score (nSPS) is 14.9. The second-order valence-electron chi connectivity index (χ2n) is 4.29. The van der Waals surface area contributed by atoms with Crippen LogP contribution in [-0.4, -0.2) is 48.5 Å². The van der Waals surface area contributed by atoms with E-state index in [0.717, 1.165) is 18.2 Å². The number of nitro groups is 1. The molecule has 1 aliphatic rings. The maximum Gasteiger partial charge on any atom is 0.313 e. The van der Waals surface area contributed by atoms with Crippen LogP contribution in [0.5, 0.6) is 5.75 Å². The summed E-state index contributed by atoms with van der Waals surface area (Å²) in [5.41, 5.74) is -0.488. The van der Waals surface area contributed by atoms with Gasteiger partial charge in [-0.1, -0.05) is 0 Å². The predicted molar refractivity (Wildman–Crippen MR) is 68.0 cm³/mol. The third-order valence-electron chi connectivity index (χ3n) is 2.94. The molecule has 8 heteroatoms. The van der Waals surface area contributed by atoms with Gasteiger partial charge in [-0.15, -0.1) is 0 Å². The zero-order valence-electron chi connectivity index (χ0n) is 10.7. The predicted octanol–water partition coefficient (Wildman–Crippen LogP) is 0.544. The maximum atomic E-state index is 13.0. The fourth-order valence-electron chi connectivity index (χ4n) is 1.90. The molecule has 1 aromatic rings. The molecule has 108 valence electrons. The van der Waals surface area contributed by atoms with Crippen LogP contribution in [0, 0.1) is 15.9 Å². The molecule has 1 saturated heterocycles. The summed E-state index contributed by atoms with van der Waals surface area (Å²) in [5.74, 6) is -1.08. The SMILES string of the molecule is O=C(COc1ccc(F)cc1[N+](=O)[O-])N1CCNCC1. The smallest absolute Gasteiger partial charge is 0.313 e. The molecule has 1 amide bonds. The van der Waals surface area contributed by atoms with E-state index in [9.17, 15) is 19.3 Å². The fraction of sp³-hybridized carbons (Fsp3) is 0.417. The van der Waals surface area contributed by atoms with Gasteiger partial charge in [0.1, 0.15) is 5.82 Å². The number of amides is 1. The number of halogens is 1. The number of piperazine rings is 1. The van der Waals surface area contributed by atoms with Gasteiger partial charge in [0.05, 0.1) is 11.0 Å². The molecule has 2 rings (SSSR count).